The van der Waals surface area contributed by atoms with Crippen molar-refractivity contribution in [1.29, 1.82) is 0 Å². The second-order valence-corrected chi connectivity index (χ2v) is 5.90. The van der Waals surface area contributed by atoms with Crippen LogP contribution in [0.2, 0.25) is 0 Å². The Hall–Kier alpha value is -1.13. The second kappa shape index (κ2) is 9.74. The van der Waals surface area contributed by atoms with E-state index in [0.29, 0.717) is 0 Å². The molecule has 0 fully saturated rings. The highest BCUT2D eigenvalue weighted by Crippen LogP contribution is 2.18. The van der Waals surface area contributed by atoms with Crippen LogP contribution in [0.4, 0.5) is 0 Å². The van der Waals surface area contributed by atoms with Gasteiger partial charge in [0, 0.05) is 13.0 Å². The van der Waals surface area contributed by atoms with Crippen LogP contribution in [0.25, 0.3) is 0 Å². The quantitative estimate of drug-likeness (QED) is 0.440. The van der Waals surface area contributed by atoms with Crippen LogP contribution < -0.4 is 0 Å². The Balaban J connectivity index is 2.82. The van der Waals surface area contributed by atoms with E-state index in [1.165, 1.54) is 5.57 Å². The van der Waals surface area contributed by atoms with Crippen molar-refractivity contribution in [2.24, 2.45) is 11.1 Å². The molecule has 0 radical (unpaired) electrons. The van der Waals surface area contributed by atoms with Gasteiger partial charge in [-0.3, -0.25) is 0 Å². The number of rotatable bonds is 1. The zero-order chi connectivity index (χ0) is 15.7. The molecule has 2 N–H and O–H groups in total. The Morgan fingerprint density at radius 2 is 2.00 bits per heavy atom. The van der Waals surface area contributed by atoms with E-state index in [1.807, 2.05) is 13.0 Å². The van der Waals surface area contributed by atoms with E-state index >= 15 is 0 Å². The average Bonchev–Trinajstić information content (AvgIpc) is 2.48. The van der Waals surface area contributed by atoms with Gasteiger partial charge in [-0.1, -0.05) is 35.9 Å². The summed E-state index contributed by atoms with van der Waals surface area (Å²) in [7, 11) is 1.63. The van der Waals surface area contributed by atoms with Crippen LogP contribution in [-0.2, 0) is 4.74 Å². The lowest BCUT2D eigenvalue weighted by Crippen LogP contribution is -2.31. The molecule has 4 heteroatoms. The lowest BCUT2D eigenvalue weighted by Gasteiger charge is -2.23. The molecule has 21 heavy (non-hydrogen) atoms. The van der Waals surface area contributed by atoms with E-state index in [1.54, 1.807) is 7.11 Å². The zero-order valence-corrected chi connectivity index (χ0v) is 13.5. The number of hydrogen-bond donors (Lipinski definition) is 2. The summed E-state index contributed by atoms with van der Waals surface area (Å²) >= 11 is 0. The number of ether oxygens (including phenoxy) is 1. The fourth-order valence-corrected chi connectivity index (χ4v) is 2.65. The molecule has 0 bridgehead atoms. The van der Waals surface area contributed by atoms with Gasteiger partial charge in [0.2, 0.25) is 0 Å². The van der Waals surface area contributed by atoms with Crippen molar-refractivity contribution in [1.82, 2.24) is 0 Å². The van der Waals surface area contributed by atoms with Gasteiger partial charge in [0.05, 0.1) is 11.8 Å². The van der Waals surface area contributed by atoms with E-state index in [-0.39, 0.29) is 12.0 Å². The third-order valence-electron chi connectivity index (χ3n) is 4.06. The second-order valence-electron chi connectivity index (χ2n) is 5.90. The third-order valence-corrected chi connectivity index (χ3v) is 4.06. The number of allylic oxidation sites excluding steroid dienone is 2. The van der Waals surface area contributed by atoms with Crippen molar-refractivity contribution in [2.45, 2.75) is 64.6 Å². The average molecular weight is 295 g/mol. The number of methoxy groups -OCH3 is 1. The first-order valence-electron chi connectivity index (χ1n) is 7.83. The molecule has 0 amide bonds. The first-order valence-corrected chi connectivity index (χ1v) is 7.83. The molecule has 0 saturated heterocycles. The summed E-state index contributed by atoms with van der Waals surface area (Å²) in [5, 5.41) is 22.8. The normalized spacial score (nSPS) is 35.7. The van der Waals surface area contributed by atoms with Crippen LogP contribution in [0.1, 0.15) is 52.4 Å². The molecule has 0 aromatic heterocycles. The highest BCUT2D eigenvalue weighted by Gasteiger charge is 2.21. The van der Waals surface area contributed by atoms with E-state index in [9.17, 15) is 5.11 Å². The summed E-state index contributed by atoms with van der Waals surface area (Å²) in [6.07, 6.45) is 10.8. The molecule has 0 saturated carbocycles. The standard InChI is InChI=1S/C17H29NO3/c1-13-10-11-15(18-20)8-6-4-5-7-9-16(21-3)17(19)14(2)12-13/h7,9,12,14,16-17,19-20H,4-6,8,10-11H2,1-3H3/b9-7+,13-12-,18-15?/t14-,16+,17+/m1/s1. The van der Waals surface area contributed by atoms with Crippen molar-refractivity contribution in [3.8, 4) is 0 Å². The molecule has 120 valence electrons. The predicted molar refractivity (Wildman–Crippen MR) is 85.8 cm³/mol. The monoisotopic (exact) mass is 295 g/mol. The summed E-state index contributed by atoms with van der Waals surface area (Å²) in [4.78, 5) is 0. The smallest absolute Gasteiger partial charge is 0.102 e. The van der Waals surface area contributed by atoms with Crippen molar-refractivity contribution < 1.29 is 15.1 Å². The largest absolute Gasteiger partial charge is 0.411 e. The van der Waals surface area contributed by atoms with Gasteiger partial charge in [-0.15, -0.1) is 0 Å². The molecule has 0 aromatic rings. The first-order chi connectivity index (χ1) is 10.1. The Bertz CT molecular complexity index is 387. The Morgan fingerprint density at radius 1 is 1.24 bits per heavy atom. The third kappa shape index (κ3) is 6.44. The van der Waals surface area contributed by atoms with Gasteiger partial charge < -0.3 is 15.1 Å². The van der Waals surface area contributed by atoms with Gasteiger partial charge in [-0.05, 0) is 45.4 Å². The molecule has 0 aliphatic heterocycles. The van der Waals surface area contributed by atoms with Crippen molar-refractivity contribution in [3.63, 3.8) is 0 Å². The lowest BCUT2D eigenvalue weighted by molar-refractivity contribution is -0.00187. The molecule has 1 aliphatic rings. The number of nitrogens with zero attached hydrogens (tertiary/aromatic N) is 1. The fraction of sp³-hybridized carbons (Fsp3) is 0.706. The number of aliphatic hydroxyl groups is 1. The number of aliphatic hydroxyl groups excluding tert-OH is 1. The van der Waals surface area contributed by atoms with Gasteiger partial charge in [0.15, 0.2) is 0 Å². The highest BCUT2D eigenvalue weighted by molar-refractivity contribution is 5.84. The summed E-state index contributed by atoms with van der Waals surface area (Å²) in [6, 6.07) is 0. The van der Waals surface area contributed by atoms with E-state index in [4.69, 9.17) is 9.94 Å². The molecule has 3 atom stereocenters. The fourth-order valence-electron chi connectivity index (χ4n) is 2.65. The maximum Gasteiger partial charge on any atom is 0.102 e. The van der Waals surface area contributed by atoms with E-state index in [2.05, 4.69) is 24.2 Å². The molecular formula is C17H29NO3. The lowest BCUT2D eigenvalue weighted by atomic mass is 9.94. The summed E-state index contributed by atoms with van der Waals surface area (Å²) in [5.41, 5.74) is 2.07. The molecule has 1 rings (SSSR count). The van der Waals surface area contributed by atoms with Gasteiger partial charge in [0.25, 0.3) is 0 Å². The molecule has 0 aromatic carbocycles. The van der Waals surface area contributed by atoms with Gasteiger partial charge >= 0.3 is 0 Å². The Kier molecular flexibility index (Phi) is 8.31. The maximum absolute atomic E-state index is 10.4. The predicted octanol–water partition coefficient (Wildman–Crippen LogP) is 3.69. The van der Waals surface area contributed by atoms with Crippen LogP contribution in [0, 0.1) is 5.92 Å². The van der Waals surface area contributed by atoms with Gasteiger partial charge in [-0.2, -0.15) is 0 Å². The number of oxime groups is 1. The Morgan fingerprint density at radius 3 is 2.67 bits per heavy atom. The van der Waals surface area contributed by atoms with E-state index < -0.39 is 6.10 Å². The van der Waals surface area contributed by atoms with Crippen molar-refractivity contribution >= 4 is 5.71 Å². The van der Waals surface area contributed by atoms with Crippen LogP contribution in [0.5, 0.6) is 0 Å². The number of hydrogen-bond acceptors (Lipinski definition) is 4. The molecular weight excluding hydrogens is 266 g/mol. The first kappa shape index (κ1) is 17.9. The van der Waals surface area contributed by atoms with Crippen LogP contribution in [0.3, 0.4) is 0 Å². The highest BCUT2D eigenvalue weighted by atomic mass is 16.5. The summed E-state index contributed by atoms with van der Waals surface area (Å²) in [5.74, 6) is 0.0251. The topological polar surface area (TPSA) is 62.0 Å². The molecule has 0 spiro atoms. The van der Waals surface area contributed by atoms with Crippen LogP contribution >= 0.6 is 0 Å². The summed E-state index contributed by atoms with van der Waals surface area (Å²) < 4.78 is 5.39. The Labute approximate surface area is 128 Å². The minimum Gasteiger partial charge on any atom is -0.411 e. The molecule has 4 nitrogen and oxygen atoms in total. The van der Waals surface area contributed by atoms with Crippen molar-refractivity contribution in [2.75, 3.05) is 7.11 Å². The maximum atomic E-state index is 10.4. The summed E-state index contributed by atoms with van der Waals surface area (Å²) in [6.45, 7) is 4.06. The SMILES string of the molecule is CO[C@H]1/C=C/CCCCC(=NO)CC/C(C)=C\[C@@H](C)[C@@H]1O. The molecule has 0 unspecified atom stereocenters. The minimum absolute atomic E-state index is 0.0251. The van der Waals surface area contributed by atoms with Gasteiger partial charge in [-0.25, -0.2) is 0 Å². The molecule has 1 aliphatic carbocycles. The zero-order valence-electron chi connectivity index (χ0n) is 13.5. The minimum atomic E-state index is -0.546. The molecule has 0 heterocycles. The van der Waals surface area contributed by atoms with E-state index in [0.717, 1.165) is 44.2 Å². The van der Waals surface area contributed by atoms with Crippen LogP contribution in [0.15, 0.2) is 29.0 Å². The van der Waals surface area contributed by atoms with Gasteiger partial charge in [0.1, 0.15) is 6.10 Å². The van der Waals surface area contributed by atoms with Crippen molar-refractivity contribution in [3.05, 3.63) is 23.8 Å². The van der Waals surface area contributed by atoms with Crippen LogP contribution in [-0.4, -0.2) is 35.3 Å².